The van der Waals surface area contributed by atoms with Gasteiger partial charge in [0, 0.05) is 0 Å². The molecular weight excluding hydrogens is 781 g/mol. The van der Waals surface area contributed by atoms with E-state index >= 15 is 0 Å². The van der Waals surface area contributed by atoms with Crippen molar-refractivity contribution in [3.8, 4) is 68.5 Å². The van der Waals surface area contributed by atoms with Crippen molar-refractivity contribution in [2.45, 2.75) is 51.4 Å². The van der Waals surface area contributed by atoms with Crippen molar-refractivity contribution < 1.29 is 38.7 Å². The smallest absolute Gasteiger partial charge is 0.338 e. The molecule has 0 aliphatic heterocycles. The Kier molecular flexibility index (Phi) is 16.1. The molecule has 0 aliphatic rings. The predicted molar refractivity (Wildman–Crippen MR) is 237 cm³/mol. The minimum Gasteiger partial charge on any atom is -0.508 e. The molecule has 62 heavy (non-hydrogen) atoms. The van der Waals surface area contributed by atoms with Gasteiger partial charge in [-0.05, 0) is 170 Å². The Hall–Kier alpha value is -7.56. The number of carbonyl (C=O) groups is 2. The normalized spacial score (nSPS) is 10.6. The van der Waals surface area contributed by atoms with Crippen LogP contribution in [0.3, 0.4) is 0 Å². The van der Waals surface area contributed by atoms with E-state index in [1.54, 1.807) is 36.4 Å². The number of nitrogens with zero attached hydrogens (tertiary/aromatic N) is 2. The molecule has 0 heterocycles. The van der Waals surface area contributed by atoms with Crippen LogP contribution in [0.15, 0.2) is 133 Å². The lowest BCUT2D eigenvalue weighted by Crippen LogP contribution is -2.11. The molecule has 0 spiro atoms. The second-order valence-corrected chi connectivity index (χ2v) is 14.7. The number of ether oxygens (including phenoxy) is 4. The van der Waals surface area contributed by atoms with Crippen LogP contribution in [0.1, 0.15) is 83.2 Å². The third kappa shape index (κ3) is 12.7. The molecule has 0 aliphatic carbocycles. The standard InChI is InChI=1S/C52H48N2O8/c53-35-37-9-13-39(14-10-37)41-17-23-45(24-18-41)59-29-5-1-3-7-31-61-51(57)49-33-43(55)21-27-47(49)48-28-22-44(56)34-50(48)52(58)62-32-8-4-2-6-30-60-46-25-19-42(20-26-46)40-15-11-38(36-54)12-16-40/h9-28,33-34,55-56H,1-8,29-32H2. The van der Waals surface area contributed by atoms with Crippen molar-refractivity contribution in [1.29, 1.82) is 10.5 Å². The number of carbonyl (C=O) groups excluding carboxylic acids is 2. The van der Waals surface area contributed by atoms with Gasteiger partial charge in [0.25, 0.3) is 0 Å². The van der Waals surface area contributed by atoms with Gasteiger partial charge in [-0.2, -0.15) is 10.5 Å². The van der Waals surface area contributed by atoms with E-state index in [0.29, 0.717) is 48.3 Å². The van der Waals surface area contributed by atoms with E-state index < -0.39 is 11.9 Å². The summed E-state index contributed by atoms with van der Waals surface area (Å²) in [6, 6.07) is 43.4. The molecular formula is C52H48N2O8. The number of hydrogen-bond donors (Lipinski definition) is 2. The van der Waals surface area contributed by atoms with Crippen LogP contribution in [0.25, 0.3) is 33.4 Å². The van der Waals surface area contributed by atoms with Gasteiger partial charge in [0.05, 0.1) is 60.8 Å². The van der Waals surface area contributed by atoms with Crippen LogP contribution >= 0.6 is 0 Å². The molecule has 2 N–H and O–H groups in total. The lowest BCUT2D eigenvalue weighted by atomic mass is 9.94. The minimum atomic E-state index is -0.639. The van der Waals surface area contributed by atoms with E-state index in [2.05, 4.69) is 12.1 Å². The van der Waals surface area contributed by atoms with Crippen molar-refractivity contribution in [3.05, 3.63) is 156 Å². The first kappa shape index (κ1) is 44.0. The van der Waals surface area contributed by atoms with Gasteiger partial charge in [-0.25, -0.2) is 9.59 Å². The van der Waals surface area contributed by atoms with Crippen molar-refractivity contribution in [2.75, 3.05) is 26.4 Å². The van der Waals surface area contributed by atoms with Crippen LogP contribution in [-0.4, -0.2) is 48.6 Å². The zero-order valence-corrected chi connectivity index (χ0v) is 34.4. The summed E-state index contributed by atoms with van der Waals surface area (Å²) in [4.78, 5) is 26.6. The van der Waals surface area contributed by atoms with Crippen molar-refractivity contribution >= 4 is 11.9 Å². The highest BCUT2D eigenvalue weighted by Gasteiger charge is 2.22. The fourth-order valence-corrected chi connectivity index (χ4v) is 6.81. The molecule has 10 nitrogen and oxygen atoms in total. The van der Waals surface area contributed by atoms with Crippen molar-refractivity contribution in [3.63, 3.8) is 0 Å². The number of nitriles is 2. The number of benzene rings is 6. The number of esters is 2. The SMILES string of the molecule is N#Cc1ccc(-c2ccc(OCCCCCCOC(=O)c3cc(O)ccc3-c3ccc(O)cc3C(=O)OCCCCCCOc3ccc(-c4ccc(C#N)cc4)cc3)cc2)cc1. The summed E-state index contributed by atoms with van der Waals surface area (Å²) in [5.74, 6) is 0.0171. The summed E-state index contributed by atoms with van der Waals surface area (Å²) < 4.78 is 23.0. The number of hydrogen-bond acceptors (Lipinski definition) is 10. The number of unbranched alkanes of at least 4 members (excludes halogenated alkanes) is 6. The minimum absolute atomic E-state index is 0.0906. The molecule has 10 heteroatoms. The van der Waals surface area contributed by atoms with Gasteiger partial charge in [0.15, 0.2) is 0 Å². The van der Waals surface area contributed by atoms with Gasteiger partial charge in [0.2, 0.25) is 0 Å². The zero-order chi connectivity index (χ0) is 43.5. The zero-order valence-electron chi connectivity index (χ0n) is 34.4. The Bertz CT molecular complexity index is 2310. The summed E-state index contributed by atoms with van der Waals surface area (Å²) >= 11 is 0. The fourth-order valence-electron chi connectivity index (χ4n) is 6.81. The monoisotopic (exact) mass is 828 g/mol. The molecule has 0 unspecified atom stereocenters. The average molecular weight is 829 g/mol. The molecule has 0 aromatic heterocycles. The number of rotatable bonds is 21. The maximum Gasteiger partial charge on any atom is 0.338 e. The summed E-state index contributed by atoms with van der Waals surface area (Å²) in [6.45, 7) is 1.46. The maximum absolute atomic E-state index is 13.3. The molecule has 0 amide bonds. The molecule has 0 saturated carbocycles. The van der Waals surface area contributed by atoms with E-state index in [0.717, 1.165) is 72.3 Å². The van der Waals surface area contributed by atoms with Crippen molar-refractivity contribution in [1.82, 2.24) is 0 Å². The molecule has 0 atom stereocenters. The van der Waals surface area contributed by atoms with E-state index in [1.807, 2.05) is 72.8 Å². The molecule has 6 aromatic carbocycles. The first-order chi connectivity index (χ1) is 30.3. The van der Waals surface area contributed by atoms with E-state index in [1.165, 1.54) is 24.3 Å². The number of aromatic hydroxyl groups is 2. The van der Waals surface area contributed by atoms with Crippen LogP contribution in [-0.2, 0) is 9.47 Å². The average Bonchev–Trinajstić information content (AvgIpc) is 3.31. The first-order valence-electron chi connectivity index (χ1n) is 20.8. The molecule has 0 saturated heterocycles. The molecule has 6 rings (SSSR count). The Morgan fingerprint density at radius 2 is 0.742 bits per heavy atom. The third-order valence-corrected chi connectivity index (χ3v) is 10.2. The predicted octanol–water partition coefficient (Wildman–Crippen LogP) is 11.4. The molecule has 0 fully saturated rings. The third-order valence-electron chi connectivity index (χ3n) is 10.2. The van der Waals surface area contributed by atoms with Crippen LogP contribution < -0.4 is 9.47 Å². The lowest BCUT2D eigenvalue weighted by molar-refractivity contribution is 0.0486. The first-order valence-corrected chi connectivity index (χ1v) is 20.8. The highest BCUT2D eigenvalue weighted by atomic mass is 16.5. The van der Waals surface area contributed by atoms with Crippen LogP contribution in [0.4, 0.5) is 0 Å². The summed E-state index contributed by atoms with van der Waals surface area (Å²) in [7, 11) is 0. The van der Waals surface area contributed by atoms with Crippen LogP contribution in [0.5, 0.6) is 23.0 Å². The molecule has 0 radical (unpaired) electrons. The fraction of sp³-hybridized carbons (Fsp3) is 0.231. The molecule has 0 bridgehead atoms. The van der Waals surface area contributed by atoms with Gasteiger partial charge >= 0.3 is 11.9 Å². The van der Waals surface area contributed by atoms with E-state index in [9.17, 15) is 19.8 Å². The van der Waals surface area contributed by atoms with Gasteiger partial charge in [-0.15, -0.1) is 0 Å². The number of phenolic OH excluding ortho intramolecular Hbond substituents is 2. The topological polar surface area (TPSA) is 159 Å². The second kappa shape index (κ2) is 22.7. The largest absolute Gasteiger partial charge is 0.508 e. The number of phenols is 2. The Morgan fingerprint density at radius 3 is 1.08 bits per heavy atom. The van der Waals surface area contributed by atoms with E-state index in [-0.39, 0.29) is 35.8 Å². The second-order valence-electron chi connectivity index (χ2n) is 14.7. The maximum atomic E-state index is 13.3. The van der Waals surface area contributed by atoms with Gasteiger partial charge in [-0.1, -0.05) is 48.5 Å². The summed E-state index contributed by atoms with van der Waals surface area (Å²) in [5, 5.41) is 38.6. The Balaban J connectivity index is 0.893. The quantitative estimate of drug-likeness (QED) is 0.0528. The van der Waals surface area contributed by atoms with Gasteiger partial charge in [0.1, 0.15) is 23.0 Å². The van der Waals surface area contributed by atoms with Crippen LogP contribution in [0.2, 0.25) is 0 Å². The lowest BCUT2D eigenvalue weighted by Gasteiger charge is -2.14. The van der Waals surface area contributed by atoms with Crippen molar-refractivity contribution in [2.24, 2.45) is 0 Å². The highest BCUT2D eigenvalue weighted by Crippen LogP contribution is 2.33. The molecule has 314 valence electrons. The molecule has 6 aromatic rings. The van der Waals surface area contributed by atoms with Crippen LogP contribution in [0, 0.1) is 22.7 Å². The van der Waals surface area contributed by atoms with Gasteiger partial charge < -0.3 is 29.2 Å². The highest BCUT2D eigenvalue weighted by molar-refractivity contribution is 6.03. The summed E-state index contributed by atoms with van der Waals surface area (Å²) in [6.07, 6.45) is 6.33. The Morgan fingerprint density at radius 1 is 0.419 bits per heavy atom. The van der Waals surface area contributed by atoms with Gasteiger partial charge in [-0.3, -0.25) is 0 Å². The Labute approximate surface area is 362 Å². The summed E-state index contributed by atoms with van der Waals surface area (Å²) in [5.41, 5.74) is 6.30. The van der Waals surface area contributed by atoms with E-state index in [4.69, 9.17) is 29.5 Å².